The van der Waals surface area contributed by atoms with Crippen molar-refractivity contribution in [2.24, 2.45) is 0 Å². The number of rotatable bonds is 4. The fourth-order valence-electron chi connectivity index (χ4n) is 2.11. The monoisotopic (exact) mass is 326 g/mol. The second-order valence-corrected chi connectivity index (χ2v) is 5.55. The average Bonchev–Trinajstić information content (AvgIpc) is 3.25. The Labute approximate surface area is 133 Å². The Kier molecular flexibility index (Phi) is 3.31. The van der Waals surface area contributed by atoms with Gasteiger partial charge in [0.05, 0.1) is 11.4 Å². The Hall–Kier alpha value is -3.07. The van der Waals surface area contributed by atoms with E-state index < -0.39 is 0 Å². The highest BCUT2D eigenvalue weighted by Gasteiger charge is 2.05. The second-order valence-electron chi connectivity index (χ2n) is 4.68. The molecule has 0 unspecified atom stereocenters. The molecule has 0 saturated heterocycles. The number of hydrogen-bond donors (Lipinski definition) is 0. The van der Waals surface area contributed by atoms with Crippen molar-refractivity contribution in [3.05, 3.63) is 64.3 Å². The number of tetrazole rings is 1. The zero-order valence-corrected chi connectivity index (χ0v) is 12.6. The summed E-state index contributed by atoms with van der Waals surface area (Å²) in [5.41, 5.74) is 1.26. The zero-order valence-electron chi connectivity index (χ0n) is 11.7. The topological polar surface area (TPSA) is 87.2 Å². The molecule has 3 aromatic heterocycles. The molecule has 4 aromatic rings. The van der Waals surface area contributed by atoms with Gasteiger partial charge >= 0.3 is 0 Å². The van der Waals surface area contributed by atoms with E-state index in [0.717, 1.165) is 5.69 Å². The first-order chi connectivity index (χ1) is 11.3. The van der Waals surface area contributed by atoms with E-state index in [9.17, 15) is 4.79 Å². The minimum atomic E-state index is -0.114. The Balaban J connectivity index is 1.56. The normalized spacial score (nSPS) is 11.0. The quantitative estimate of drug-likeness (QED) is 0.562. The van der Waals surface area contributed by atoms with E-state index in [4.69, 9.17) is 4.74 Å². The molecular formula is C14H10N6O2S. The van der Waals surface area contributed by atoms with Crippen LogP contribution in [0.1, 0.15) is 5.69 Å². The second kappa shape index (κ2) is 5.61. The van der Waals surface area contributed by atoms with E-state index in [1.165, 1.54) is 32.8 Å². The van der Waals surface area contributed by atoms with Gasteiger partial charge in [-0.2, -0.15) is 0 Å². The third kappa shape index (κ3) is 2.69. The minimum absolute atomic E-state index is 0.114. The van der Waals surface area contributed by atoms with Gasteiger partial charge in [-0.05, 0) is 22.6 Å². The van der Waals surface area contributed by atoms with Gasteiger partial charge in [-0.15, -0.1) is 16.4 Å². The Morgan fingerprint density at radius 1 is 1.26 bits per heavy atom. The molecule has 0 N–H and O–H groups in total. The lowest BCUT2D eigenvalue weighted by Gasteiger charge is -2.07. The minimum Gasteiger partial charge on any atom is -0.487 e. The van der Waals surface area contributed by atoms with E-state index in [1.54, 1.807) is 6.20 Å². The summed E-state index contributed by atoms with van der Waals surface area (Å²) in [5, 5.41) is 12.9. The maximum Gasteiger partial charge on any atom is 0.258 e. The van der Waals surface area contributed by atoms with Crippen LogP contribution in [0.2, 0.25) is 0 Å². The lowest BCUT2D eigenvalue weighted by Crippen LogP contribution is -2.14. The molecule has 0 bridgehead atoms. The molecule has 0 saturated carbocycles. The highest BCUT2D eigenvalue weighted by Crippen LogP contribution is 2.17. The predicted octanol–water partition coefficient (Wildman–Crippen LogP) is 1.31. The van der Waals surface area contributed by atoms with Gasteiger partial charge in [0.15, 0.2) is 4.96 Å². The summed E-state index contributed by atoms with van der Waals surface area (Å²) in [6.45, 7) is 0.211. The van der Waals surface area contributed by atoms with Crippen molar-refractivity contribution in [1.82, 2.24) is 29.6 Å². The van der Waals surface area contributed by atoms with E-state index >= 15 is 0 Å². The van der Waals surface area contributed by atoms with Crippen molar-refractivity contribution in [3.8, 4) is 11.4 Å². The largest absolute Gasteiger partial charge is 0.487 e. The van der Waals surface area contributed by atoms with Gasteiger partial charge in [0, 0.05) is 23.7 Å². The molecule has 3 heterocycles. The van der Waals surface area contributed by atoms with Crippen LogP contribution in [0.3, 0.4) is 0 Å². The highest BCUT2D eigenvalue weighted by atomic mass is 32.1. The summed E-state index contributed by atoms with van der Waals surface area (Å²) < 4.78 is 8.77. The van der Waals surface area contributed by atoms with Crippen molar-refractivity contribution < 1.29 is 4.74 Å². The van der Waals surface area contributed by atoms with Crippen molar-refractivity contribution in [2.75, 3.05) is 0 Å². The van der Waals surface area contributed by atoms with Crippen LogP contribution in [0.15, 0.2) is 53.0 Å². The van der Waals surface area contributed by atoms with Gasteiger partial charge in [-0.3, -0.25) is 9.20 Å². The number of thiazole rings is 1. The Morgan fingerprint density at radius 2 is 2.22 bits per heavy atom. The molecule has 0 spiro atoms. The maximum absolute atomic E-state index is 11.9. The van der Waals surface area contributed by atoms with E-state index in [-0.39, 0.29) is 12.2 Å². The molecule has 0 radical (unpaired) electrons. The van der Waals surface area contributed by atoms with E-state index in [0.29, 0.717) is 16.4 Å². The average molecular weight is 326 g/mol. The van der Waals surface area contributed by atoms with Crippen molar-refractivity contribution in [1.29, 1.82) is 0 Å². The summed E-state index contributed by atoms with van der Waals surface area (Å²) in [6.07, 6.45) is 3.21. The van der Waals surface area contributed by atoms with Crippen molar-refractivity contribution >= 4 is 16.3 Å². The van der Waals surface area contributed by atoms with Crippen molar-refractivity contribution in [2.45, 2.75) is 6.61 Å². The number of aromatic nitrogens is 6. The predicted molar refractivity (Wildman–Crippen MR) is 82.8 cm³/mol. The van der Waals surface area contributed by atoms with Crippen LogP contribution in [0.4, 0.5) is 0 Å². The van der Waals surface area contributed by atoms with E-state index in [2.05, 4.69) is 20.5 Å². The summed E-state index contributed by atoms with van der Waals surface area (Å²) in [4.78, 5) is 17.0. The molecule has 8 nitrogen and oxygen atoms in total. The molecule has 0 aliphatic carbocycles. The van der Waals surface area contributed by atoms with E-state index in [1.807, 2.05) is 29.6 Å². The molecule has 1 aromatic carbocycles. The molecule has 0 fully saturated rings. The van der Waals surface area contributed by atoms with Crippen LogP contribution < -0.4 is 10.3 Å². The van der Waals surface area contributed by atoms with Crippen LogP contribution in [-0.4, -0.2) is 29.6 Å². The summed E-state index contributed by atoms with van der Waals surface area (Å²) >= 11 is 1.41. The zero-order chi connectivity index (χ0) is 15.6. The van der Waals surface area contributed by atoms with Crippen molar-refractivity contribution in [3.63, 3.8) is 0 Å². The molecule has 114 valence electrons. The maximum atomic E-state index is 11.9. The SMILES string of the molecule is O=c1cc(COc2cccc(-n3cnnn3)c2)nc2sccn12. The lowest BCUT2D eigenvalue weighted by atomic mass is 10.3. The molecule has 0 amide bonds. The molecule has 0 aliphatic heterocycles. The highest BCUT2D eigenvalue weighted by molar-refractivity contribution is 7.15. The third-order valence-electron chi connectivity index (χ3n) is 3.17. The van der Waals surface area contributed by atoms with Crippen LogP contribution >= 0.6 is 11.3 Å². The van der Waals surface area contributed by atoms with Crippen LogP contribution in [0, 0.1) is 0 Å². The van der Waals surface area contributed by atoms with Crippen LogP contribution in [0.25, 0.3) is 10.6 Å². The first-order valence-corrected chi connectivity index (χ1v) is 7.59. The third-order valence-corrected chi connectivity index (χ3v) is 3.93. The van der Waals surface area contributed by atoms with Gasteiger partial charge in [0.2, 0.25) is 0 Å². The van der Waals surface area contributed by atoms with Gasteiger partial charge < -0.3 is 4.74 Å². The fraction of sp³-hybridized carbons (Fsp3) is 0.0714. The molecule has 0 atom stereocenters. The standard InChI is InChI=1S/C14H10N6O2S/c21-13-6-10(16-14-19(13)4-5-23-14)8-22-12-3-1-2-11(7-12)20-9-15-17-18-20/h1-7,9H,8H2. The Morgan fingerprint density at radius 3 is 3.09 bits per heavy atom. The lowest BCUT2D eigenvalue weighted by molar-refractivity contribution is 0.301. The Bertz CT molecular complexity index is 1010. The smallest absolute Gasteiger partial charge is 0.258 e. The number of nitrogens with zero attached hydrogens (tertiary/aromatic N) is 6. The molecule has 0 aliphatic rings. The first-order valence-electron chi connectivity index (χ1n) is 6.71. The fourth-order valence-corrected chi connectivity index (χ4v) is 2.85. The molecule has 23 heavy (non-hydrogen) atoms. The summed E-state index contributed by atoms with van der Waals surface area (Å²) in [5.74, 6) is 0.645. The number of fused-ring (bicyclic) bond motifs is 1. The molecular weight excluding hydrogens is 316 g/mol. The van der Waals surface area contributed by atoms with Gasteiger partial charge in [0.1, 0.15) is 18.7 Å². The number of benzene rings is 1. The number of hydrogen-bond acceptors (Lipinski definition) is 7. The summed E-state index contributed by atoms with van der Waals surface area (Å²) in [7, 11) is 0. The van der Waals surface area contributed by atoms with Crippen LogP contribution in [0.5, 0.6) is 5.75 Å². The molecule has 4 rings (SSSR count). The number of ether oxygens (including phenoxy) is 1. The molecule has 9 heteroatoms. The van der Waals surface area contributed by atoms with Gasteiger partial charge in [-0.25, -0.2) is 9.67 Å². The van der Waals surface area contributed by atoms with Gasteiger partial charge in [-0.1, -0.05) is 6.07 Å². The first kappa shape index (κ1) is 13.6. The summed E-state index contributed by atoms with van der Waals surface area (Å²) in [6, 6.07) is 8.82. The van der Waals surface area contributed by atoms with Crippen LogP contribution in [-0.2, 0) is 6.61 Å². The van der Waals surface area contributed by atoms with Gasteiger partial charge in [0.25, 0.3) is 5.56 Å².